The summed E-state index contributed by atoms with van der Waals surface area (Å²) in [6.07, 6.45) is 0. The summed E-state index contributed by atoms with van der Waals surface area (Å²) >= 11 is 0. The Kier molecular flexibility index (Phi) is 6.67. The highest BCUT2D eigenvalue weighted by Gasteiger charge is 2.12. The van der Waals surface area contributed by atoms with E-state index in [1.54, 1.807) is 19.2 Å². The van der Waals surface area contributed by atoms with E-state index in [-0.39, 0.29) is 29.7 Å². The molecule has 0 aliphatic rings. The lowest BCUT2D eigenvalue weighted by atomic mass is 10.2. The van der Waals surface area contributed by atoms with Crippen LogP contribution < -0.4 is 11.1 Å². The zero-order valence-corrected chi connectivity index (χ0v) is 16.9. The average Bonchev–Trinajstić information content (AvgIpc) is 3.21. The zero-order valence-electron chi connectivity index (χ0n) is 14.6. The molecule has 2 aromatic heterocycles. The van der Waals surface area contributed by atoms with Crippen molar-refractivity contribution in [3.05, 3.63) is 59.7 Å². The molecule has 0 bridgehead atoms. The number of rotatable bonds is 5. The smallest absolute Gasteiger partial charge is 0.284 e. The molecule has 0 saturated carbocycles. The minimum absolute atomic E-state index is 0. The van der Waals surface area contributed by atoms with Crippen LogP contribution in [-0.2, 0) is 13.1 Å². The first kappa shape index (κ1) is 19.8. The van der Waals surface area contributed by atoms with Crippen LogP contribution in [0.5, 0.6) is 0 Å². The van der Waals surface area contributed by atoms with E-state index < -0.39 is 5.91 Å². The quantitative estimate of drug-likeness (QED) is 0.341. The van der Waals surface area contributed by atoms with Crippen molar-refractivity contribution in [2.45, 2.75) is 13.1 Å². The van der Waals surface area contributed by atoms with Crippen LogP contribution in [0, 0.1) is 0 Å². The van der Waals surface area contributed by atoms with Gasteiger partial charge in [-0.2, -0.15) is 0 Å². The number of amides is 1. The Bertz CT molecular complexity index is 883. The molecule has 0 unspecified atom stereocenters. The van der Waals surface area contributed by atoms with Crippen LogP contribution in [0.2, 0.25) is 0 Å². The van der Waals surface area contributed by atoms with E-state index in [4.69, 9.17) is 14.6 Å². The zero-order chi connectivity index (χ0) is 17.8. The predicted molar refractivity (Wildman–Crippen MR) is 111 cm³/mol. The molecule has 7 nitrogen and oxygen atoms in total. The van der Waals surface area contributed by atoms with E-state index in [2.05, 4.69) is 10.3 Å². The van der Waals surface area contributed by atoms with E-state index >= 15 is 0 Å². The van der Waals surface area contributed by atoms with Crippen molar-refractivity contribution in [3.63, 3.8) is 0 Å². The number of hydrogen-bond acceptors (Lipinski definition) is 4. The molecule has 3 aromatic rings. The second kappa shape index (κ2) is 8.75. The van der Waals surface area contributed by atoms with Gasteiger partial charge in [0.2, 0.25) is 0 Å². The average molecular weight is 468 g/mol. The van der Waals surface area contributed by atoms with Crippen molar-refractivity contribution >= 4 is 46.8 Å². The number of carbonyl (C=O) groups is 1. The fourth-order valence-corrected chi connectivity index (χ4v) is 2.58. The van der Waals surface area contributed by atoms with Crippen LogP contribution in [0.15, 0.2) is 56.3 Å². The van der Waals surface area contributed by atoms with Gasteiger partial charge in [0.05, 0.1) is 13.1 Å². The molecule has 1 amide bonds. The van der Waals surface area contributed by atoms with E-state index in [1.807, 2.05) is 42.3 Å². The summed E-state index contributed by atoms with van der Waals surface area (Å²) in [5, 5.41) is 4.25. The first-order chi connectivity index (χ1) is 12.1. The van der Waals surface area contributed by atoms with Crippen LogP contribution in [0.3, 0.4) is 0 Å². The molecule has 2 heterocycles. The molecule has 0 atom stereocenters. The third-order valence-electron chi connectivity index (χ3n) is 3.77. The normalized spacial score (nSPS) is 11.2. The minimum Gasteiger partial charge on any atom is -0.459 e. The number of carbonyl (C=O) groups excluding carboxylic acids is 1. The molecule has 0 radical (unpaired) electrons. The van der Waals surface area contributed by atoms with Gasteiger partial charge >= 0.3 is 0 Å². The first-order valence-corrected chi connectivity index (χ1v) is 7.84. The summed E-state index contributed by atoms with van der Waals surface area (Å²) in [6.45, 7) is 0.962. The molecule has 3 rings (SSSR count). The van der Waals surface area contributed by atoms with Crippen molar-refractivity contribution < 1.29 is 13.6 Å². The van der Waals surface area contributed by atoms with Crippen molar-refractivity contribution in [2.24, 2.45) is 10.7 Å². The lowest BCUT2D eigenvalue weighted by molar-refractivity contribution is 0.0972. The number of nitrogens with two attached hydrogens (primary N) is 1. The first-order valence-electron chi connectivity index (χ1n) is 7.84. The molecule has 26 heavy (non-hydrogen) atoms. The van der Waals surface area contributed by atoms with Crippen molar-refractivity contribution in [3.8, 4) is 0 Å². The molecule has 0 aliphatic heterocycles. The van der Waals surface area contributed by atoms with E-state index in [9.17, 15) is 4.79 Å². The lowest BCUT2D eigenvalue weighted by Gasteiger charge is -2.20. The number of primary amides is 1. The SMILES string of the molecule is CN=C(NCc1ccc(C(N)=O)o1)N(C)Cc1cc2ccccc2o1.I. The van der Waals surface area contributed by atoms with Gasteiger partial charge in [-0.15, -0.1) is 24.0 Å². The van der Waals surface area contributed by atoms with E-state index in [0.717, 1.165) is 16.7 Å². The number of aliphatic imine (C=N–C) groups is 1. The number of nitrogens with zero attached hydrogens (tertiary/aromatic N) is 2. The maximum Gasteiger partial charge on any atom is 0.284 e. The van der Waals surface area contributed by atoms with Gasteiger partial charge in [-0.05, 0) is 24.3 Å². The third kappa shape index (κ3) is 4.57. The van der Waals surface area contributed by atoms with Gasteiger partial charge in [-0.1, -0.05) is 18.2 Å². The number of para-hydroxylation sites is 1. The summed E-state index contributed by atoms with van der Waals surface area (Å²) in [5.41, 5.74) is 6.04. The van der Waals surface area contributed by atoms with Crippen LogP contribution in [-0.4, -0.2) is 30.9 Å². The molecule has 0 aliphatic carbocycles. The Morgan fingerprint density at radius 1 is 1.19 bits per heavy atom. The Morgan fingerprint density at radius 3 is 2.62 bits per heavy atom. The summed E-state index contributed by atoms with van der Waals surface area (Å²) in [6, 6.07) is 13.2. The molecular weight excluding hydrogens is 447 g/mol. The molecule has 1 aromatic carbocycles. The van der Waals surface area contributed by atoms with Gasteiger partial charge in [0, 0.05) is 19.5 Å². The Hall–Kier alpha value is -2.49. The fraction of sp³-hybridized carbons (Fsp3) is 0.222. The topological polar surface area (TPSA) is 97.0 Å². The molecule has 0 saturated heterocycles. The van der Waals surface area contributed by atoms with E-state index in [0.29, 0.717) is 24.8 Å². The largest absolute Gasteiger partial charge is 0.459 e. The number of hydrogen-bond donors (Lipinski definition) is 2. The van der Waals surface area contributed by atoms with Crippen molar-refractivity contribution in [1.82, 2.24) is 10.2 Å². The van der Waals surface area contributed by atoms with Gasteiger partial charge in [0.1, 0.15) is 17.1 Å². The fourth-order valence-electron chi connectivity index (χ4n) is 2.58. The number of halogens is 1. The van der Waals surface area contributed by atoms with Crippen molar-refractivity contribution in [2.75, 3.05) is 14.1 Å². The predicted octanol–water partition coefficient (Wildman–Crippen LogP) is 2.95. The van der Waals surface area contributed by atoms with E-state index in [1.165, 1.54) is 0 Å². The summed E-state index contributed by atoms with van der Waals surface area (Å²) < 4.78 is 11.2. The van der Waals surface area contributed by atoms with Crippen LogP contribution in [0.25, 0.3) is 11.0 Å². The second-order valence-corrected chi connectivity index (χ2v) is 5.64. The summed E-state index contributed by atoms with van der Waals surface area (Å²) in [7, 11) is 3.62. The molecule has 138 valence electrons. The highest BCUT2D eigenvalue weighted by molar-refractivity contribution is 14.0. The number of fused-ring (bicyclic) bond motifs is 1. The Balaban J connectivity index is 0.00000243. The maximum atomic E-state index is 11.1. The van der Waals surface area contributed by atoms with Gasteiger partial charge in [0.15, 0.2) is 11.7 Å². The highest BCUT2D eigenvalue weighted by Crippen LogP contribution is 2.19. The number of guanidine groups is 1. The maximum absolute atomic E-state index is 11.1. The molecule has 0 fully saturated rings. The Morgan fingerprint density at radius 2 is 1.96 bits per heavy atom. The van der Waals surface area contributed by atoms with Gasteiger partial charge in [-0.25, -0.2) is 0 Å². The Labute approximate surface area is 168 Å². The van der Waals surface area contributed by atoms with Crippen molar-refractivity contribution in [1.29, 1.82) is 0 Å². The summed E-state index contributed by atoms with van der Waals surface area (Å²) in [5.74, 6) is 1.69. The second-order valence-electron chi connectivity index (χ2n) is 5.64. The van der Waals surface area contributed by atoms with Gasteiger partial charge in [-0.3, -0.25) is 9.79 Å². The van der Waals surface area contributed by atoms with Gasteiger partial charge < -0.3 is 24.8 Å². The molecular formula is C18H21IN4O3. The summed E-state index contributed by atoms with van der Waals surface area (Å²) in [4.78, 5) is 17.3. The van der Waals surface area contributed by atoms with Crippen LogP contribution in [0.1, 0.15) is 22.1 Å². The number of nitrogens with one attached hydrogen (secondary N) is 1. The lowest BCUT2D eigenvalue weighted by Crippen LogP contribution is -2.37. The van der Waals surface area contributed by atoms with Crippen LogP contribution in [0.4, 0.5) is 0 Å². The molecule has 0 spiro atoms. The molecule has 8 heteroatoms. The minimum atomic E-state index is -0.586. The monoisotopic (exact) mass is 468 g/mol. The highest BCUT2D eigenvalue weighted by atomic mass is 127. The number of furan rings is 2. The molecule has 3 N–H and O–H groups in total. The van der Waals surface area contributed by atoms with Crippen LogP contribution >= 0.6 is 24.0 Å². The number of benzene rings is 1. The standard InChI is InChI=1S/C18H20N4O3.HI/c1-20-18(21-10-13-7-8-16(24-13)17(19)23)22(2)11-14-9-12-5-3-4-6-15(12)25-14;/h3-9H,10-11H2,1-2H3,(H2,19,23)(H,20,21);1H. The van der Waals surface area contributed by atoms with Gasteiger partial charge in [0.25, 0.3) is 5.91 Å². The third-order valence-corrected chi connectivity index (χ3v) is 3.77.